The van der Waals surface area contributed by atoms with Crippen LogP contribution in [0.5, 0.6) is 5.75 Å². The number of nitrogens with one attached hydrogen (secondary N) is 2. The average molecular weight is 739 g/mol. The second kappa shape index (κ2) is 21.0. The summed E-state index contributed by atoms with van der Waals surface area (Å²) in [5.41, 5.74) is 1.98. The Hall–Kier alpha value is -4.85. The topological polar surface area (TPSA) is 191 Å². The molecule has 1 aromatic heterocycles. The fourth-order valence-corrected chi connectivity index (χ4v) is 6.58. The van der Waals surface area contributed by atoms with Crippen molar-refractivity contribution in [3.63, 3.8) is 0 Å². The van der Waals surface area contributed by atoms with Gasteiger partial charge in [0.05, 0.1) is 57.5 Å². The standard InChI is InChI=1S/C39H54N4O10/c1-7-10-11-13-29(33(8-2)43(50)24(4)44)37(47)40-23-41-38(48)32-15-12-14-31(42-32)25-16-17-26(35(21-25)53-9-3)20-34(45)30-19-27(30)18-28(39(49)52-6)22-36(46)51-5/h12,14-17,21,27-30,33,50H,7-11,13,18-20,22-23H2,1-6H3,(H,40,47)(H,41,48)/t27-,28-,29+,30?,33+/m0/s1. The fraction of sp³-hybridized carbons (Fsp3) is 0.564. The number of aromatic nitrogens is 1. The van der Waals surface area contributed by atoms with Crippen LogP contribution in [0.25, 0.3) is 11.3 Å². The fourth-order valence-electron chi connectivity index (χ4n) is 6.58. The maximum atomic E-state index is 13.3. The number of carbonyl (C=O) groups excluding carboxylic acids is 6. The number of methoxy groups -OCH3 is 2. The number of Topliss-reactive ketones (excluding diaryl/α,β-unsaturated/α-hetero) is 1. The zero-order valence-corrected chi connectivity index (χ0v) is 31.6. The van der Waals surface area contributed by atoms with Gasteiger partial charge in [-0.25, -0.2) is 10.0 Å². The molecule has 3 rings (SSSR count). The first-order valence-electron chi connectivity index (χ1n) is 18.3. The van der Waals surface area contributed by atoms with E-state index in [0.717, 1.165) is 19.3 Å². The van der Waals surface area contributed by atoms with Crippen LogP contribution in [-0.2, 0) is 39.9 Å². The lowest BCUT2D eigenvalue weighted by molar-refractivity contribution is -0.180. The molecule has 0 spiro atoms. The van der Waals surface area contributed by atoms with Crippen molar-refractivity contribution in [3.8, 4) is 17.0 Å². The van der Waals surface area contributed by atoms with E-state index >= 15 is 0 Å². The van der Waals surface area contributed by atoms with Gasteiger partial charge in [-0.1, -0.05) is 51.3 Å². The van der Waals surface area contributed by atoms with Crippen LogP contribution in [0.1, 0.15) is 95.1 Å². The lowest BCUT2D eigenvalue weighted by Gasteiger charge is -2.31. The number of amides is 3. The normalized spacial score (nSPS) is 16.4. The minimum atomic E-state index is -0.694. The van der Waals surface area contributed by atoms with E-state index in [1.165, 1.54) is 21.1 Å². The molecule has 14 nitrogen and oxygen atoms in total. The number of hydrogen-bond donors (Lipinski definition) is 3. The number of esters is 2. The third kappa shape index (κ3) is 12.4. The number of rotatable bonds is 22. The predicted octanol–water partition coefficient (Wildman–Crippen LogP) is 4.65. The minimum Gasteiger partial charge on any atom is -0.494 e. The molecular weight excluding hydrogens is 684 g/mol. The average Bonchev–Trinajstić information content (AvgIpc) is 3.93. The first kappa shape index (κ1) is 42.6. The zero-order valence-electron chi connectivity index (χ0n) is 31.6. The molecule has 1 aliphatic rings. The summed E-state index contributed by atoms with van der Waals surface area (Å²) in [6, 6.07) is 9.67. The molecule has 14 heteroatoms. The molecule has 290 valence electrons. The highest BCUT2D eigenvalue weighted by atomic mass is 16.5. The number of carbonyl (C=O) groups is 6. The Morgan fingerprint density at radius 1 is 1.00 bits per heavy atom. The molecule has 53 heavy (non-hydrogen) atoms. The second-order valence-electron chi connectivity index (χ2n) is 13.3. The summed E-state index contributed by atoms with van der Waals surface area (Å²) >= 11 is 0. The molecule has 1 unspecified atom stereocenters. The van der Waals surface area contributed by atoms with Crippen molar-refractivity contribution in [2.75, 3.05) is 27.5 Å². The van der Waals surface area contributed by atoms with Gasteiger partial charge in [-0.15, -0.1) is 0 Å². The Morgan fingerprint density at radius 3 is 2.40 bits per heavy atom. The summed E-state index contributed by atoms with van der Waals surface area (Å²) in [4.78, 5) is 80.0. The predicted molar refractivity (Wildman–Crippen MR) is 194 cm³/mol. The number of benzene rings is 1. The summed E-state index contributed by atoms with van der Waals surface area (Å²) in [6.07, 6.45) is 4.47. The molecule has 1 aromatic carbocycles. The summed E-state index contributed by atoms with van der Waals surface area (Å²) in [6.45, 7) is 7.10. The van der Waals surface area contributed by atoms with E-state index in [0.29, 0.717) is 59.9 Å². The van der Waals surface area contributed by atoms with Gasteiger partial charge in [-0.05, 0) is 56.7 Å². The monoisotopic (exact) mass is 738 g/mol. The van der Waals surface area contributed by atoms with Crippen molar-refractivity contribution in [1.29, 1.82) is 0 Å². The number of ketones is 1. The Labute approximate surface area is 311 Å². The summed E-state index contributed by atoms with van der Waals surface area (Å²) in [5, 5.41) is 16.3. The molecule has 0 saturated heterocycles. The van der Waals surface area contributed by atoms with Crippen LogP contribution in [0.4, 0.5) is 0 Å². The van der Waals surface area contributed by atoms with Gasteiger partial charge < -0.3 is 24.8 Å². The first-order valence-corrected chi connectivity index (χ1v) is 18.3. The van der Waals surface area contributed by atoms with E-state index in [1.807, 2.05) is 13.8 Å². The van der Waals surface area contributed by atoms with Crippen LogP contribution in [-0.4, -0.2) is 84.2 Å². The van der Waals surface area contributed by atoms with Crippen molar-refractivity contribution < 1.29 is 48.2 Å². The van der Waals surface area contributed by atoms with Crippen molar-refractivity contribution in [1.82, 2.24) is 20.7 Å². The highest BCUT2D eigenvalue weighted by Crippen LogP contribution is 2.45. The van der Waals surface area contributed by atoms with E-state index in [9.17, 15) is 34.0 Å². The van der Waals surface area contributed by atoms with Crippen LogP contribution in [0.2, 0.25) is 0 Å². The van der Waals surface area contributed by atoms with Crippen LogP contribution in [0.3, 0.4) is 0 Å². The maximum Gasteiger partial charge on any atom is 0.309 e. The first-order chi connectivity index (χ1) is 25.4. The van der Waals surface area contributed by atoms with E-state index in [-0.39, 0.29) is 48.7 Å². The van der Waals surface area contributed by atoms with Crippen LogP contribution < -0.4 is 15.4 Å². The van der Waals surface area contributed by atoms with E-state index in [4.69, 9.17) is 14.2 Å². The minimum absolute atomic E-state index is 0.0132. The van der Waals surface area contributed by atoms with Crippen molar-refractivity contribution in [2.45, 2.75) is 91.5 Å². The molecule has 1 saturated carbocycles. The highest BCUT2D eigenvalue weighted by molar-refractivity contribution is 5.93. The van der Waals surface area contributed by atoms with Gasteiger partial charge in [-0.3, -0.25) is 34.0 Å². The quantitative estimate of drug-likeness (QED) is 0.0501. The number of hydroxylamine groups is 2. The van der Waals surface area contributed by atoms with Gasteiger partial charge in [0, 0.05) is 30.4 Å². The summed E-state index contributed by atoms with van der Waals surface area (Å²) < 4.78 is 15.5. The number of hydrogen-bond acceptors (Lipinski definition) is 11. The second-order valence-corrected chi connectivity index (χ2v) is 13.3. The van der Waals surface area contributed by atoms with E-state index < -0.39 is 41.6 Å². The summed E-state index contributed by atoms with van der Waals surface area (Å²) in [7, 11) is 2.53. The number of pyridine rings is 1. The molecule has 1 heterocycles. The van der Waals surface area contributed by atoms with Crippen molar-refractivity contribution in [3.05, 3.63) is 47.7 Å². The molecule has 0 bridgehead atoms. The van der Waals surface area contributed by atoms with Gasteiger partial charge in [0.2, 0.25) is 11.8 Å². The number of ether oxygens (including phenoxy) is 3. The summed E-state index contributed by atoms with van der Waals surface area (Å²) in [5.74, 6) is -3.51. The Kier molecular flexibility index (Phi) is 16.9. The molecule has 1 aliphatic carbocycles. The SMILES string of the molecule is CCCCC[C@@H](C(=O)NCNC(=O)c1cccc(-c2ccc(CC(=O)C3C[C@@H]3C[C@@H](CC(=O)OC)C(=O)OC)c(OCC)c2)n1)[C@@H](CC)N(O)C(C)=O. The largest absolute Gasteiger partial charge is 0.494 e. The van der Waals surface area contributed by atoms with Gasteiger partial charge in [0.1, 0.15) is 17.2 Å². The lowest BCUT2D eigenvalue weighted by Crippen LogP contribution is -2.49. The van der Waals surface area contributed by atoms with Crippen LogP contribution in [0, 0.1) is 23.7 Å². The van der Waals surface area contributed by atoms with Crippen molar-refractivity contribution >= 4 is 35.4 Å². The molecule has 3 N–H and O–H groups in total. The van der Waals surface area contributed by atoms with Crippen molar-refractivity contribution in [2.24, 2.45) is 23.7 Å². The molecule has 0 radical (unpaired) electrons. The third-order valence-electron chi connectivity index (χ3n) is 9.59. The Morgan fingerprint density at radius 2 is 1.75 bits per heavy atom. The number of nitrogens with zero attached hydrogens (tertiary/aromatic N) is 2. The lowest BCUT2D eigenvalue weighted by atomic mass is 9.90. The van der Waals surface area contributed by atoms with E-state index in [2.05, 4.69) is 15.6 Å². The third-order valence-corrected chi connectivity index (χ3v) is 9.59. The Bertz CT molecular complexity index is 1600. The van der Waals surface area contributed by atoms with E-state index in [1.54, 1.807) is 43.3 Å². The molecule has 1 fully saturated rings. The molecule has 5 atom stereocenters. The smallest absolute Gasteiger partial charge is 0.309 e. The number of unbranched alkanes of at least 4 members (excludes halogenated alkanes) is 2. The molecular formula is C39H54N4O10. The molecule has 3 amide bonds. The van der Waals surface area contributed by atoms with Crippen LogP contribution in [0.15, 0.2) is 36.4 Å². The van der Waals surface area contributed by atoms with Gasteiger partial charge >= 0.3 is 11.9 Å². The Balaban J connectivity index is 1.65. The van der Waals surface area contributed by atoms with Gasteiger partial charge in [-0.2, -0.15) is 0 Å². The van der Waals surface area contributed by atoms with Gasteiger partial charge in [0.25, 0.3) is 5.91 Å². The molecule has 0 aliphatic heterocycles. The van der Waals surface area contributed by atoms with Crippen LogP contribution >= 0.6 is 0 Å². The maximum absolute atomic E-state index is 13.3. The molecule has 2 aromatic rings. The zero-order chi connectivity index (χ0) is 39.1. The van der Waals surface area contributed by atoms with Gasteiger partial charge in [0.15, 0.2) is 0 Å². The highest BCUT2D eigenvalue weighted by Gasteiger charge is 2.45.